The summed E-state index contributed by atoms with van der Waals surface area (Å²) in [5.41, 5.74) is 0.586. The number of ether oxygens (including phenoxy) is 1. The Labute approximate surface area is 146 Å². The normalized spacial score (nSPS) is 25.4. The van der Waals surface area contributed by atoms with Crippen LogP contribution in [0.15, 0.2) is 30.3 Å². The molecule has 0 unspecified atom stereocenters. The molecule has 0 radical (unpaired) electrons. The number of hydrogen-bond acceptors (Lipinski definition) is 4. The summed E-state index contributed by atoms with van der Waals surface area (Å²) in [7, 11) is 0. The van der Waals surface area contributed by atoms with Crippen LogP contribution in [0, 0.1) is 5.92 Å². The van der Waals surface area contributed by atoms with E-state index in [2.05, 4.69) is 0 Å². The average Bonchev–Trinajstić information content (AvgIpc) is 3.01. The highest BCUT2D eigenvalue weighted by Gasteiger charge is 2.50. The molecule has 1 N–H and O–H groups in total. The zero-order valence-corrected chi connectivity index (χ0v) is 14.1. The van der Waals surface area contributed by atoms with Gasteiger partial charge in [0.25, 0.3) is 5.91 Å². The van der Waals surface area contributed by atoms with Crippen molar-refractivity contribution in [2.24, 2.45) is 5.92 Å². The number of piperidine rings is 1. The van der Waals surface area contributed by atoms with E-state index in [9.17, 15) is 19.5 Å². The predicted molar refractivity (Wildman–Crippen MR) is 89.1 cm³/mol. The van der Waals surface area contributed by atoms with Crippen LogP contribution in [0.5, 0.6) is 0 Å². The molecule has 2 aliphatic heterocycles. The van der Waals surface area contributed by atoms with Crippen molar-refractivity contribution in [2.45, 2.75) is 31.8 Å². The van der Waals surface area contributed by atoms with Crippen molar-refractivity contribution in [1.82, 2.24) is 9.80 Å². The Morgan fingerprint density at radius 2 is 1.96 bits per heavy atom. The van der Waals surface area contributed by atoms with E-state index in [1.807, 2.05) is 6.07 Å². The molecule has 3 rings (SSSR count). The van der Waals surface area contributed by atoms with E-state index >= 15 is 0 Å². The second-order valence-corrected chi connectivity index (χ2v) is 6.43. The van der Waals surface area contributed by atoms with Gasteiger partial charge in [-0.2, -0.15) is 0 Å². The molecule has 2 saturated heterocycles. The Hall–Kier alpha value is -2.57. The number of carbonyl (C=O) groups excluding carboxylic acids is 2. The van der Waals surface area contributed by atoms with Crippen molar-refractivity contribution in [2.75, 3.05) is 19.7 Å². The van der Waals surface area contributed by atoms with Crippen LogP contribution in [0.1, 0.15) is 30.1 Å². The highest BCUT2D eigenvalue weighted by atomic mass is 16.5. The minimum Gasteiger partial charge on any atom is -0.465 e. The molecule has 25 heavy (non-hydrogen) atoms. The summed E-state index contributed by atoms with van der Waals surface area (Å²) in [4.78, 5) is 39.4. The molecule has 0 spiro atoms. The molecule has 1 aromatic rings. The average molecular weight is 346 g/mol. The number of carboxylic acid groups (broad SMARTS) is 1. The summed E-state index contributed by atoms with van der Waals surface area (Å²) in [6.07, 6.45) is 0.00564. The summed E-state index contributed by atoms with van der Waals surface area (Å²) in [5.74, 6) is -0.533. The number of esters is 1. The van der Waals surface area contributed by atoms with Crippen LogP contribution < -0.4 is 0 Å². The summed E-state index contributed by atoms with van der Waals surface area (Å²) in [6, 6.07) is 7.80. The highest BCUT2D eigenvalue weighted by molar-refractivity contribution is 5.94. The predicted octanol–water partition coefficient (Wildman–Crippen LogP) is 1.83. The van der Waals surface area contributed by atoms with Gasteiger partial charge >= 0.3 is 12.1 Å². The molecule has 1 aromatic carbocycles. The lowest BCUT2D eigenvalue weighted by Crippen LogP contribution is -2.53. The number of rotatable bonds is 3. The van der Waals surface area contributed by atoms with Crippen LogP contribution in [0.3, 0.4) is 0 Å². The highest BCUT2D eigenvalue weighted by Crippen LogP contribution is 2.36. The molecule has 7 nitrogen and oxygen atoms in total. The molecule has 0 aliphatic carbocycles. The van der Waals surface area contributed by atoms with E-state index in [-0.39, 0.29) is 24.5 Å². The van der Waals surface area contributed by atoms with Gasteiger partial charge in [-0.3, -0.25) is 9.69 Å². The number of fused-ring (bicyclic) bond motifs is 1. The number of likely N-dealkylation sites (tertiary alicyclic amines) is 2. The zero-order valence-electron chi connectivity index (χ0n) is 14.1. The second kappa shape index (κ2) is 7.13. The third kappa shape index (κ3) is 3.31. The molecule has 3 atom stereocenters. The van der Waals surface area contributed by atoms with E-state index < -0.39 is 18.1 Å². The molecule has 0 saturated carbocycles. The molecular weight excluding hydrogens is 324 g/mol. The zero-order chi connectivity index (χ0) is 18.0. The maximum absolute atomic E-state index is 12.7. The molecule has 134 valence electrons. The third-order valence-corrected chi connectivity index (χ3v) is 5.03. The maximum atomic E-state index is 12.7. The minimum atomic E-state index is -1.14. The van der Waals surface area contributed by atoms with E-state index in [0.717, 1.165) is 0 Å². The van der Waals surface area contributed by atoms with E-state index in [0.29, 0.717) is 31.5 Å². The van der Waals surface area contributed by atoms with Crippen molar-refractivity contribution in [3.8, 4) is 0 Å². The van der Waals surface area contributed by atoms with Crippen LogP contribution in [0.25, 0.3) is 0 Å². The van der Waals surface area contributed by atoms with E-state index in [4.69, 9.17) is 4.74 Å². The number of hydrogen-bond donors (Lipinski definition) is 1. The van der Waals surface area contributed by atoms with Gasteiger partial charge in [-0.1, -0.05) is 18.2 Å². The summed E-state index contributed by atoms with van der Waals surface area (Å²) < 4.78 is 5.03. The summed E-state index contributed by atoms with van der Waals surface area (Å²) >= 11 is 0. The number of nitrogens with zero attached hydrogens (tertiary/aromatic N) is 2. The molecular formula is C18H22N2O5. The first-order valence-electron chi connectivity index (χ1n) is 8.55. The fourth-order valence-electron chi connectivity index (χ4n) is 3.87. The first-order valence-corrected chi connectivity index (χ1v) is 8.55. The van der Waals surface area contributed by atoms with Gasteiger partial charge < -0.3 is 14.7 Å². The lowest BCUT2D eigenvalue weighted by molar-refractivity contribution is -0.148. The van der Waals surface area contributed by atoms with Crippen molar-refractivity contribution >= 4 is 18.0 Å². The third-order valence-electron chi connectivity index (χ3n) is 5.03. The van der Waals surface area contributed by atoms with Gasteiger partial charge in [0, 0.05) is 18.7 Å². The van der Waals surface area contributed by atoms with Gasteiger partial charge in [-0.05, 0) is 37.8 Å². The van der Waals surface area contributed by atoms with Crippen LogP contribution in [0.4, 0.5) is 4.79 Å². The van der Waals surface area contributed by atoms with Gasteiger partial charge in [0.2, 0.25) is 0 Å². The summed E-state index contributed by atoms with van der Waals surface area (Å²) in [5, 5.41) is 9.60. The van der Waals surface area contributed by atoms with E-state index in [1.54, 1.807) is 36.1 Å². The Morgan fingerprint density at radius 3 is 2.60 bits per heavy atom. The Kier molecular flexibility index (Phi) is 4.92. The standard InChI is InChI=1S/C18H22N2O5/c1-2-25-17(22)14-10-13-8-9-19(11-15(13)20(14)18(23)24)16(21)12-6-4-3-5-7-12/h3-7,13-15H,2,8-11H2,1H3,(H,23,24)/t13-,14-,15-/m0/s1. The van der Waals surface area contributed by atoms with Gasteiger partial charge in [-0.15, -0.1) is 0 Å². The Bertz CT molecular complexity index is 663. The SMILES string of the molecule is CCOC(=O)[C@@H]1C[C@@H]2CCN(C(=O)c3ccccc3)C[C@@H]2N1C(=O)O. The Morgan fingerprint density at radius 1 is 1.24 bits per heavy atom. The number of benzene rings is 1. The molecule has 0 bridgehead atoms. The fourth-order valence-corrected chi connectivity index (χ4v) is 3.87. The smallest absolute Gasteiger partial charge is 0.408 e. The monoisotopic (exact) mass is 346 g/mol. The lowest BCUT2D eigenvalue weighted by atomic mass is 9.91. The van der Waals surface area contributed by atoms with E-state index in [1.165, 1.54) is 4.90 Å². The topological polar surface area (TPSA) is 87.2 Å². The van der Waals surface area contributed by atoms with Crippen molar-refractivity contribution in [3.05, 3.63) is 35.9 Å². The van der Waals surface area contributed by atoms with Crippen molar-refractivity contribution in [1.29, 1.82) is 0 Å². The minimum absolute atomic E-state index is 0.0744. The molecule has 0 aromatic heterocycles. The van der Waals surface area contributed by atoms with Crippen LogP contribution >= 0.6 is 0 Å². The van der Waals surface area contributed by atoms with Crippen LogP contribution in [0.2, 0.25) is 0 Å². The maximum Gasteiger partial charge on any atom is 0.408 e. The largest absolute Gasteiger partial charge is 0.465 e. The molecule has 2 fully saturated rings. The van der Waals surface area contributed by atoms with Gasteiger partial charge in [0.15, 0.2) is 0 Å². The second-order valence-electron chi connectivity index (χ2n) is 6.43. The molecule has 2 heterocycles. The van der Waals surface area contributed by atoms with Gasteiger partial charge in [0.1, 0.15) is 6.04 Å². The summed E-state index contributed by atoms with van der Waals surface area (Å²) in [6.45, 7) is 2.79. The van der Waals surface area contributed by atoms with Crippen molar-refractivity contribution < 1.29 is 24.2 Å². The molecule has 7 heteroatoms. The van der Waals surface area contributed by atoms with Gasteiger partial charge in [-0.25, -0.2) is 9.59 Å². The molecule has 2 aliphatic rings. The lowest BCUT2D eigenvalue weighted by Gasteiger charge is -2.38. The van der Waals surface area contributed by atoms with Crippen LogP contribution in [-0.2, 0) is 9.53 Å². The van der Waals surface area contributed by atoms with Crippen LogP contribution in [-0.4, -0.2) is 64.7 Å². The number of carbonyl (C=O) groups is 3. The van der Waals surface area contributed by atoms with Gasteiger partial charge in [0.05, 0.1) is 12.6 Å². The Balaban J connectivity index is 1.77. The number of amides is 2. The quantitative estimate of drug-likeness (QED) is 0.844. The van der Waals surface area contributed by atoms with Crippen molar-refractivity contribution in [3.63, 3.8) is 0 Å². The fraction of sp³-hybridized carbons (Fsp3) is 0.500. The first-order chi connectivity index (χ1) is 12.0. The molecule has 2 amide bonds. The first kappa shape index (κ1) is 17.3.